The fourth-order valence-corrected chi connectivity index (χ4v) is 1.72. The van der Waals surface area contributed by atoms with E-state index in [4.69, 9.17) is 32.2 Å². The quantitative estimate of drug-likeness (QED) is 0.402. The lowest BCUT2D eigenvalue weighted by molar-refractivity contribution is 0.0201. The molecule has 0 radical (unpaired) electrons. The molecule has 0 aliphatic carbocycles. The lowest BCUT2D eigenvalue weighted by Crippen LogP contribution is -2.17. The first-order chi connectivity index (χ1) is 11.4. The number of benzene rings is 1. The molecular weight excluding hydrogens is 314 g/mol. The molecule has 0 heterocycles. The predicted molar refractivity (Wildman–Crippen MR) is 88.7 cm³/mol. The first-order valence-electron chi connectivity index (χ1n) is 7.34. The van der Waals surface area contributed by atoms with Crippen molar-refractivity contribution in [1.29, 1.82) is 0 Å². The molecule has 5 N–H and O–H groups in total. The van der Waals surface area contributed by atoms with Crippen molar-refractivity contribution < 1.29 is 29.6 Å². The zero-order chi connectivity index (χ0) is 18.5. The number of carboxylic acid groups (broad SMARTS) is 1. The highest BCUT2D eigenvalue weighted by Crippen LogP contribution is 2.15. The van der Waals surface area contributed by atoms with Gasteiger partial charge in [0.15, 0.2) is 0 Å². The van der Waals surface area contributed by atoms with E-state index in [0.717, 1.165) is 0 Å². The molecule has 1 atom stereocenters. The Morgan fingerprint density at radius 3 is 2.54 bits per heavy atom. The van der Waals surface area contributed by atoms with Crippen LogP contribution in [-0.4, -0.2) is 53.1 Å². The third-order valence-corrected chi connectivity index (χ3v) is 2.94. The highest BCUT2D eigenvalue weighted by atomic mass is 16.5. The number of hydrogen-bond donors (Lipinski definition) is 4. The number of primary amides is 1. The standard InChI is InChI=1S/C11H9NO3.C6H14O3/c1-2-4-7-5-3-6-8(10(12)13)9(7)11(14)15;1-2-6(8)5-9-4-3-7/h1,3,5-6H,4H2,(H2,12,13)(H,14,15);6-8H,2-5H2,1H3. The van der Waals surface area contributed by atoms with Crippen LogP contribution in [0.1, 0.15) is 39.6 Å². The molecule has 0 bridgehead atoms. The molecule has 0 saturated heterocycles. The molecule has 1 aromatic carbocycles. The van der Waals surface area contributed by atoms with E-state index in [-0.39, 0.29) is 30.3 Å². The molecule has 24 heavy (non-hydrogen) atoms. The number of rotatable bonds is 8. The van der Waals surface area contributed by atoms with Gasteiger partial charge in [-0.3, -0.25) is 4.79 Å². The van der Waals surface area contributed by atoms with Gasteiger partial charge in [0.2, 0.25) is 5.91 Å². The molecule has 0 saturated carbocycles. The number of aliphatic hydroxyl groups excluding tert-OH is 2. The molecule has 0 spiro atoms. The Kier molecular flexibility index (Phi) is 10.9. The third kappa shape index (κ3) is 7.74. The Morgan fingerprint density at radius 1 is 1.42 bits per heavy atom. The van der Waals surface area contributed by atoms with E-state index in [9.17, 15) is 9.59 Å². The Bertz CT molecular complexity index is 579. The molecule has 7 nitrogen and oxygen atoms in total. The van der Waals surface area contributed by atoms with Gasteiger partial charge in [-0.05, 0) is 18.1 Å². The summed E-state index contributed by atoms with van der Waals surface area (Å²) in [5.74, 6) is 0.359. The Hall–Kier alpha value is -2.40. The molecule has 0 fully saturated rings. The molecule has 1 amide bonds. The fraction of sp³-hybridized carbons (Fsp3) is 0.412. The van der Waals surface area contributed by atoms with Crippen molar-refractivity contribution in [3.8, 4) is 12.3 Å². The summed E-state index contributed by atoms with van der Waals surface area (Å²) in [5.41, 5.74) is 5.35. The van der Waals surface area contributed by atoms with Gasteiger partial charge in [0.05, 0.1) is 37.1 Å². The van der Waals surface area contributed by atoms with Crippen LogP contribution in [0.25, 0.3) is 0 Å². The van der Waals surface area contributed by atoms with Crippen LogP contribution in [-0.2, 0) is 11.2 Å². The van der Waals surface area contributed by atoms with Crippen LogP contribution >= 0.6 is 0 Å². The lowest BCUT2D eigenvalue weighted by Gasteiger charge is -2.06. The number of carboxylic acids is 1. The average molecular weight is 337 g/mol. The summed E-state index contributed by atoms with van der Waals surface area (Å²) in [6, 6.07) is 4.49. The maximum Gasteiger partial charge on any atom is 0.336 e. The molecule has 0 aliphatic rings. The minimum Gasteiger partial charge on any atom is -0.478 e. The summed E-state index contributed by atoms with van der Waals surface area (Å²) in [6.45, 7) is 2.55. The zero-order valence-electron chi connectivity index (χ0n) is 13.6. The maximum atomic E-state index is 11.0. The molecule has 7 heteroatoms. The van der Waals surface area contributed by atoms with E-state index in [2.05, 4.69) is 5.92 Å². The molecule has 0 aliphatic heterocycles. The minimum absolute atomic E-state index is 0.0183. The second-order valence-electron chi connectivity index (χ2n) is 4.75. The van der Waals surface area contributed by atoms with Crippen LogP contribution in [0.4, 0.5) is 0 Å². The summed E-state index contributed by atoms with van der Waals surface area (Å²) in [6.07, 6.45) is 5.57. The van der Waals surface area contributed by atoms with Crippen molar-refractivity contribution in [1.82, 2.24) is 0 Å². The van der Waals surface area contributed by atoms with E-state index in [0.29, 0.717) is 25.2 Å². The molecular formula is C17H23NO6. The number of amides is 1. The smallest absolute Gasteiger partial charge is 0.336 e. The first kappa shape index (κ1) is 21.6. The van der Waals surface area contributed by atoms with Gasteiger partial charge >= 0.3 is 5.97 Å². The summed E-state index contributed by atoms with van der Waals surface area (Å²) >= 11 is 0. The van der Waals surface area contributed by atoms with Crippen molar-refractivity contribution in [3.05, 3.63) is 34.9 Å². The van der Waals surface area contributed by atoms with Gasteiger partial charge < -0.3 is 25.8 Å². The monoisotopic (exact) mass is 337 g/mol. The number of aliphatic hydroxyl groups is 2. The van der Waals surface area contributed by atoms with Gasteiger partial charge in [-0.2, -0.15) is 0 Å². The highest BCUT2D eigenvalue weighted by molar-refractivity contribution is 6.05. The molecule has 1 unspecified atom stereocenters. The summed E-state index contributed by atoms with van der Waals surface area (Å²) in [5, 5.41) is 26.1. The second kappa shape index (κ2) is 12.1. The zero-order valence-corrected chi connectivity index (χ0v) is 13.6. The number of carbonyl (C=O) groups excluding carboxylic acids is 1. The first-order valence-corrected chi connectivity index (χ1v) is 7.34. The molecule has 132 valence electrons. The van der Waals surface area contributed by atoms with Gasteiger partial charge in [0, 0.05) is 6.42 Å². The van der Waals surface area contributed by atoms with Crippen molar-refractivity contribution in [2.24, 2.45) is 5.73 Å². The van der Waals surface area contributed by atoms with Crippen LogP contribution in [0, 0.1) is 12.3 Å². The van der Waals surface area contributed by atoms with Crippen molar-refractivity contribution in [2.75, 3.05) is 19.8 Å². The van der Waals surface area contributed by atoms with Crippen LogP contribution in [0.3, 0.4) is 0 Å². The Balaban J connectivity index is 0.000000506. The van der Waals surface area contributed by atoms with E-state index in [1.54, 1.807) is 12.1 Å². The van der Waals surface area contributed by atoms with Crippen LogP contribution in [0.15, 0.2) is 18.2 Å². The van der Waals surface area contributed by atoms with E-state index < -0.39 is 11.9 Å². The summed E-state index contributed by atoms with van der Waals surface area (Å²) in [4.78, 5) is 21.9. The SMILES string of the molecule is C#CCc1cccc(C(N)=O)c1C(=O)O.CCC(O)COCCO. The van der Waals surface area contributed by atoms with Gasteiger partial charge in [-0.25, -0.2) is 4.79 Å². The number of nitrogens with two attached hydrogens (primary N) is 1. The normalized spacial score (nSPS) is 10.9. The van der Waals surface area contributed by atoms with Gasteiger partial charge in [0.25, 0.3) is 0 Å². The van der Waals surface area contributed by atoms with Gasteiger partial charge in [0.1, 0.15) is 0 Å². The minimum atomic E-state index is -1.20. The topological polar surface area (TPSA) is 130 Å². The average Bonchev–Trinajstić information content (AvgIpc) is 2.55. The Labute approximate surface area is 141 Å². The number of carbonyl (C=O) groups is 2. The lowest BCUT2D eigenvalue weighted by atomic mass is 9.98. The second-order valence-corrected chi connectivity index (χ2v) is 4.75. The van der Waals surface area contributed by atoms with E-state index in [1.807, 2.05) is 6.92 Å². The molecule has 1 aromatic rings. The van der Waals surface area contributed by atoms with Crippen LogP contribution in [0.5, 0.6) is 0 Å². The van der Waals surface area contributed by atoms with Gasteiger partial charge in [-0.1, -0.05) is 19.1 Å². The third-order valence-electron chi connectivity index (χ3n) is 2.94. The van der Waals surface area contributed by atoms with E-state index >= 15 is 0 Å². The van der Waals surface area contributed by atoms with E-state index in [1.165, 1.54) is 6.07 Å². The molecule has 1 rings (SSSR count). The number of terminal acetylenes is 1. The van der Waals surface area contributed by atoms with Crippen LogP contribution in [0.2, 0.25) is 0 Å². The summed E-state index contributed by atoms with van der Waals surface area (Å²) < 4.78 is 4.84. The Morgan fingerprint density at radius 2 is 2.08 bits per heavy atom. The molecule has 0 aromatic heterocycles. The number of hydrogen-bond acceptors (Lipinski definition) is 5. The van der Waals surface area contributed by atoms with Crippen LogP contribution < -0.4 is 5.73 Å². The van der Waals surface area contributed by atoms with Crippen molar-refractivity contribution in [3.63, 3.8) is 0 Å². The summed E-state index contributed by atoms with van der Waals surface area (Å²) in [7, 11) is 0. The van der Waals surface area contributed by atoms with Crippen molar-refractivity contribution in [2.45, 2.75) is 25.9 Å². The maximum absolute atomic E-state index is 11.0. The largest absolute Gasteiger partial charge is 0.478 e. The van der Waals surface area contributed by atoms with Crippen molar-refractivity contribution >= 4 is 11.9 Å². The predicted octanol–water partition coefficient (Wildman–Crippen LogP) is 0.426. The fourth-order valence-electron chi connectivity index (χ4n) is 1.72. The number of aromatic carboxylic acids is 1. The number of ether oxygens (including phenoxy) is 1. The highest BCUT2D eigenvalue weighted by Gasteiger charge is 2.17. The van der Waals surface area contributed by atoms with Gasteiger partial charge in [-0.15, -0.1) is 12.3 Å².